The number of imidazole rings is 1. The molecule has 13 heavy (non-hydrogen) atoms. The average molecular weight is 170 g/mol. The van der Waals surface area contributed by atoms with E-state index in [0.29, 0.717) is 5.69 Å². The molecule has 3 heteroatoms. The molecule has 0 N–H and O–H groups in total. The third-order valence-electron chi connectivity index (χ3n) is 2.19. The first-order valence-electron chi connectivity index (χ1n) is 4.06. The zero-order valence-corrected chi connectivity index (χ0v) is 6.77. The summed E-state index contributed by atoms with van der Waals surface area (Å²) in [5.41, 5.74) is 1.39. The summed E-state index contributed by atoms with van der Waals surface area (Å²) in [5.74, 6) is -0.0128. The Morgan fingerprint density at radius 3 is 3.23 bits per heavy atom. The van der Waals surface area contributed by atoms with Crippen molar-refractivity contribution in [3.05, 3.63) is 41.5 Å². The Bertz CT molecular complexity index is 577. The Hall–Kier alpha value is -1.90. The lowest BCUT2D eigenvalue weighted by Crippen LogP contribution is -2.18. The molecule has 0 fully saturated rings. The van der Waals surface area contributed by atoms with Crippen molar-refractivity contribution in [2.24, 2.45) is 0 Å². The van der Waals surface area contributed by atoms with Gasteiger partial charge in [-0.15, -0.1) is 0 Å². The fourth-order valence-corrected chi connectivity index (χ4v) is 1.60. The molecular formula is C10H6N2O. The second kappa shape index (κ2) is 2.07. The van der Waals surface area contributed by atoms with E-state index < -0.39 is 0 Å². The van der Waals surface area contributed by atoms with E-state index in [1.165, 1.54) is 6.08 Å². The standard InChI is InChI=1S/C10H6N2O/c13-8-4-1-3-7-10(8)11-9-5-2-6-12(7)9/h1-6H. The van der Waals surface area contributed by atoms with Gasteiger partial charge in [-0.1, -0.05) is 6.08 Å². The Balaban J connectivity index is 2.57. The van der Waals surface area contributed by atoms with Crippen molar-refractivity contribution in [3.63, 3.8) is 0 Å². The number of hydrogen-bond donors (Lipinski definition) is 0. The number of fused-ring (bicyclic) bond motifs is 3. The van der Waals surface area contributed by atoms with Gasteiger partial charge in [-0.05, 0) is 24.3 Å². The Kier molecular flexibility index (Phi) is 1.05. The zero-order valence-electron chi connectivity index (χ0n) is 6.77. The van der Waals surface area contributed by atoms with Crippen LogP contribution in [0, 0.1) is 0 Å². The lowest BCUT2D eigenvalue weighted by Gasteiger charge is -1.93. The number of ketones is 1. The second-order valence-corrected chi connectivity index (χ2v) is 2.97. The molecule has 0 amide bonds. The van der Waals surface area contributed by atoms with Crippen LogP contribution in [0.1, 0.15) is 10.5 Å². The summed E-state index contributed by atoms with van der Waals surface area (Å²) < 4.78 is 1.91. The molecule has 62 valence electrons. The molecule has 0 saturated heterocycles. The third-order valence-corrected chi connectivity index (χ3v) is 2.19. The lowest BCUT2D eigenvalue weighted by atomic mass is 10.2. The van der Waals surface area contributed by atoms with E-state index >= 15 is 0 Å². The third kappa shape index (κ3) is 0.731. The molecule has 2 aromatic heterocycles. The molecule has 0 unspecified atom stereocenters. The second-order valence-electron chi connectivity index (χ2n) is 2.97. The summed E-state index contributed by atoms with van der Waals surface area (Å²) in [6.07, 6.45) is 7.10. The van der Waals surface area contributed by atoms with E-state index in [4.69, 9.17) is 0 Å². The van der Waals surface area contributed by atoms with E-state index in [1.807, 2.05) is 28.8 Å². The van der Waals surface area contributed by atoms with Crippen molar-refractivity contribution in [1.29, 1.82) is 0 Å². The molecule has 0 saturated carbocycles. The number of carbonyl (C=O) groups is 1. The highest BCUT2D eigenvalue weighted by atomic mass is 16.1. The van der Waals surface area contributed by atoms with Crippen molar-refractivity contribution in [3.8, 4) is 0 Å². The Morgan fingerprint density at radius 1 is 1.38 bits per heavy atom. The van der Waals surface area contributed by atoms with Gasteiger partial charge < -0.3 is 0 Å². The van der Waals surface area contributed by atoms with Gasteiger partial charge in [0.05, 0.1) is 5.35 Å². The summed E-state index contributed by atoms with van der Waals surface area (Å²) in [5, 5.41) is 0.882. The molecular weight excluding hydrogens is 164 g/mol. The van der Waals surface area contributed by atoms with Gasteiger partial charge >= 0.3 is 0 Å². The Morgan fingerprint density at radius 2 is 2.31 bits per heavy atom. The van der Waals surface area contributed by atoms with Crippen LogP contribution in [0.4, 0.5) is 0 Å². The minimum atomic E-state index is -0.0128. The average Bonchev–Trinajstić information content (AvgIpc) is 2.65. The first-order valence-corrected chi connectivity index (χ1v) is 4.06. The van der Waals surface area contributed by atoms with Gasteiger partial charge in [-0.3, -0.25) is 9.20 Å². The van der Waals surface area contributed by atoms with E-state index in [2.05, 4.69) is 4.98 Å². The molecule has 2 aromatic rings. The van der Waals surface area contributed by atoms with Crippen LogP contribution in [0.25, 0.3) is 11.7 Å². The fraction of sp³-hybridized carbons (Fsp3) is 0. The Labute approximate surface area is 74.0 Å². The molecule has 3 rings (SSSR count). The highest BCUT2D eigenvalue weighted by Gasteiger charge is 2.13. The van der Waals surface area contributed by atoms with Crippen molar-refractivity contribution >= 4 is 17.5 Å². The van der Waals surface area contributed by atoms with Gasteiger partial charge in [0.1, 0.15) is 11.3 Å². The minimum Gasteiger partial charge on any atom is -0.299 e. The minimum absolute atomic E-state index is 0.0128. The molecule has 0 aromatic carbocycles. The highest BCUT2D eigenvalue weighted by molar-refractivity contribution is 6.05. The number of hydrogen-bond acceptors (Lipinski definition) is 2. The molecule has 0 atom stereocenters. The smallest absolute Gasteiger partial charge is 0.206 e. The van der Waals surface area contributed by atoms with Crippen LogP contribution in [0.15, 0.2) is 30.5 Å². The van der Waals surface area contributed by atoms with Gasteiger partial charge in [-0.2, -0.15) is 0 Å². The normalized spacial score (nSPS) is 14.6. The maximum Gasteiger partial charge on any atom is 0.206 e. The van der Waals surface area contributed by atoms with Crippen LogP contribution in [-0.4, -0.2) is 15.2 Å². The molecule has 0 radical (unpaired) electrons. The monoisotopic (exact) mass is 170 g/mol. The maximum atomic E-state index is 11.4. The van der Waals surface area contributed by atoms with Crippen LogP contribution >= 0.6 is 0 Å². The first-order chi connectivity index (χ1) is 6.36. The predicted molar refractivity (Wildman–Crippen MR) is 48.3 cm³/mol. The van der Waals surface area contributed by atoms with E-state index in [1.54, 1.807) is 6.08 Å². The van der Waals surface area contributed by atoms with Crippen LogP contribution in [0.3, 0.4) is 0 Å². The van der Waals surface area contributed by atoms with Crippen LogP contribution in [-0.2, 0) is 0 Å². The zero-order chi connectivity index (χ0) is 8.84. The van der Waals surface area contributed by atoms with Crippen LogP contribution < -0.4 is 5.35 Å². The van der Waals surface area contributed by atoms with Crippen molar-refractivity contribution < 1.29 is 4.79 Å². The van der Waals surface area contributed by atoms with Gasteiger partial charge in [0.25, 0.3) is 0 Å². The predicted octanol–water partition coefficient (Wildman–Crippen LogP) is 0.586. The summed E-state index contributed by atoms with van der Waals surface area (Å²) >= 11 is 0. The van der Waals surface area contributed by atoms with Crippen LogP contribution in [0.5, 0.6) is 0 Å². The number of rotatable bonds is 0. The highest BCUT2D eigenvalue weighted by Crippen LogP contribution is 2.04. The molecule has 0 bridgehead atoms. The quantitative estimate of drug-likeness (QED) is 0.579. The number of allylic oxidation sites excluding steroid dienone is 2. The number of aromatic nitrogens is 2. The fourth-order valence-electron chi connectivity index (χ4n) is 1.60. The summed E-state index contributed by atoms with van der Waals surface area (Å²) in [6.45, 7) is 0. The molecule has 0 aliphatic heterocycles. The lowest BCUT2D eigenvalue weighted by molar-refractivity contribution is 0.104. The maximum absolute atomic E-state index is 11.4. The van der Waals surface area contributed by atoms with Crippen molar-refractivity contribution in [1.82, 2.24) is 9.38 Å². The topological polar surface area (TPSA) is 34.4 Å². The van der Waals surface area contributed by atoms with E-state index in [-0.39, 0.29) is 5.78 Å². The van der Waals surface area contributed by atoms with E-state index in [9.17, 15) is 4.79 Å². The molecule has 3 nitrogen and oxygen atoms in total. The van der Waals surface area contributed by atoms with Gasteiger partial charge in [0.15, 0.2) is 0 Å². The SMILES string of the molecule is O=C1C=CC=c2c1nc1cccn21. The largest absolute Gasteiger partial charge is 0.299 e. The van der Waals surface area contributed by atoms with Gasteiger partial charge in [0, 0.05) is 6.20 Å². The van der Waals surface area contributed by atoms with E-state index in [0.717, 1.165) is 11.0 Å². The molecule has 1 aliphatic carbocycles. The number of nitrogens with zero attached hydrogens (tertiary/aromatic N) is 2. The van der Waals surface area contributed by atoms with Gasteiger partial charge in [-0.25, -0.2) is 4.98 Å². The summed E-state index contributed by atoms with van der Waals surface area (Å²) in [4.78, 5) is 15.6. The summed E-state index contributed by atoms with van der Waals surface area (Å²) in [6, 6.07) is 3.80. The molecule has 0 spiro atoms. The number of carbonyl (C=O) groups excluding carboxylic acids is 1. The van der Waals surface area contributed by atoms with Crippen LogP contribution in [0.2, 0.25) is 0 Å². The van der Waals surface area contributed by atoms with Crippen molar-refractivity contribution in [2.75, 3.05) is 0 Å². The molecule has 1 aliphatic rings. The molecule has 2 heterocycles. The summed E-state index contributed by atoms with van der Waals surface area (Å²) in [7, 11) is 0. The van der Waals surface area contributed by atoms with Gasteiger partial charge in [0.2, 0.25) is 5.78 Å². The first kappa shape index (κ1) is 6.60. The van der Waals surface area contributed by atoms with Crippen molar-refractivity contribution in [2.45, 2.75) is 0 Å².